The summed E-state index contributed by atoms with van der Waals surface area (Å²) in [6, 6.07) is 9.10. The van der Waals surface area contributed by atoms with Gasteiger partial charge in [0.1, 0.15) is 0 Å². The third-order valence-corrected chi connectivity index (χ3v) is 2.28. The molecule has 0 spiro atoms. The van der Waals surface area contributed by atoms with Gasteiger partial charge in [-0.1, -0.05) is 36.4 Å². The summed E-state index contributed by atoms with van der Waals surface area (Å²) in [6.07, 6.45) is 1.08. The standard InChI is InChI=1S/C12H14BNO2/c1-2-11(15)10(14-12(13)16)8-9-6-4-3-5-7-9/h2-7,10-11,15H,1,8H2,(H,14,16)/t10-,11-/m1/s1. The summed E-state index contributed by atoms with van der Waals surface area (Å²) in [6.45, 7) is 3.49. The van der Waals surface area contributed by atoms with E-state index in [1.54, 1.807) is 0 Å². The summed E-state index contributed by atoms with van der Waals surface area (Å²) in [7, 11) is 5.04. The van der Waals surface area contributed by atoms with Gasteiger partial charge in [0.25, 0.3) is 0 Å². The van der Waals surface area contributed by atoms with E-state index in [4.69, 9.17) is 7.85 Å². The summed E-state index contributed by atoms with van der Waals surface area (Å²) in [5.74, 6) is -0.651. The lowest BCUT2D eigenvalue weighted by molar-refractivity contribution is 0.174. The average Bonchev–Trinajstić information content (AvgIpc) is 2.28. The van der Waals surface area contributed by atoms with Gasteiger partial charge in [0.15, 0.2) is 5.81 Å². The van der Waals surface area contributed by atoms with Crippen LogP contribution in [0, 0.1) is 0 Å². The van der Waals surface area contributed by atoms with Crippen molar-refractivity contribution in [3.8, 4) is 0 Å². The molecule has 0 saturated carbocycles. The van der Waals surface area contributed by atoms with Crippen LogP contribution in [0.2, 0.25) is 0 Å². The molecule has 2 radical (unpaired) electrons. The number of amides is 1. The first-order chi connectivity index (χ1) is 7.63. The zero-order valence-corrected chi connectivity index (χ0v) is 8.97. The Morgan fingerprint density at radius 3 is 2.62 bits per heavy atom. The molecule has 3 nitrogen and oxygen atoms in total. The summed E-state index contributed by atoms with van der Waals surface area (Å²) in [4.78, 5) is 10.8. The van der Waals surface area contributed by atoms with E-state index >= 15 is 0 Å². The van der Waals surface area contributed by atoms with E-state index in [-0.39, 0.29) is 0 Å². The summed E-state index contributed by atoms with van der Waals surface area (Å²) in [5, 5.41) is 12.1. The van der Waals surface area contributed by atoms with E-state index in [9.17, 15) is 9.90 Å². The van der Waals surface area contributed by atoms with E-state index in [0.29, 0.717) is 6.42 Å². The summed E-state index contributed by atoms with van der Waals surface area (Å²) >= 11 is 0. The second-order valence-electron chi connectivity index (χ2n) is 3.53. The van der Waals surface area contributed by atoms with Gasteiger partial charge < -0.3 is 10.4 Å². The Balaban J connectivity index is 2.70. The van der Waals surface area contributed by atoms with Crippen molar-refractivity contribution in [1.29, 1.82) is 0 Å². The molecule has 0 aromatic heterocycles. The molecule has 0 saturated heterocycles. The number of rotatable bonds is 5. The fourth-order valence-corrected chi connectivity index (χ4v) is 1.47. The molecule has 2 atom stereocenters. The number of aliphatic hydroxyl groups excluding tert-OH is 1. The minimum Gasteiger partial charge on any atom is -0.387 e. The first-order valence-corrected chi connectivity index (χ1v) is 5.04. The van der Waals surface area contributed by atoms with Crippen molar-refractivity contribution >= 4 is 13.7 Å². The molecule has 4 heteroatoms. The average molecular weight is 215 g/mol. The largest absolute Gasteiger partial charge is 0.387 e. The molecule has 0 fully saturated rings. The Bertz CT molecular complexity index is 353. The van der Waals surface area contributed by atoms with E-state index in [1.807, 2.05) is 30.3 Å². The number of hydrogen-bond acceptors (Lipinski definition) is 2. The van der Waals surface area contributed by atoms with E-state index < -0.39 is 18.0 Å². The molecule has 0 aliphatic heterocycles. The smallest absolute Gasteiger partial charge is 0.200 e. The van der Waals surface area contributed by atoms with Gasteiger partial charge in [0.2, 0.25) is 7.85 Å². The summed E-state index contributed by atoms with van der Waals surface area (Å²) < 4.78 is 0. The van der Waals surface area contributed by atoms with Crippen LogP contribution >= 0.6 is 0 Å². The minimum atomic E-state index is -0.812. The third-order valence-electron chi connectivity index (χ3n) is 2.28. The molecule has 16 heavy (non-hydrogen) atoms. The topological polar surface area (TPSA) is 49.3 Å². The highest BCUT2D eigenvalue weighted by Crippen LogP contribution is 2.06. The Morgan fingerprint density at radius 2 is 2.12 bits per heavy atom. The van der Waals surface area contributed by atoms with Crippen LogP contribution in [0.3, 0.4) is 0 Å². The van der Waals surface area contributed by atoms with Gasteiger partial charge in [-0.3, -0.25) is 4.79 Å². The fourth-order valence-electron chi connectivity index (χ4n) is 1.47. The highest BCUT2D eigenvalue weighted by Gasteiger charge is 2.17. The maximum absolute atomic E-state index is 10.8. The highest BCUT2D eigenvalue weighted by molar-refractivity contribution is 6.57. The molecule has 82 valence electrons. The Labute approximate surface area is 96.6 Å². The monoisotopic (exact) mass is 215 g/mol. The number of hydrogen-bond donors (Lipinski definition) is 2. The predicted molar refractivity (Wildman–Crippen MR) is 64.4 cm³/mol. The van der Waals surface area contributed by atoms with Crippen LogP contribution in [-0.2, 0) is 6.42 Å². The van der Waals surface area contributed by atoms with E-state index in [2.05, 4.69) is 11.9 Å². The molecule has 0 heterocycles. The van der Waals surface area contributed by atoms with Gasteiger partial charge in [0.05, 0.1) is 12.1 Å². The third kappa shape index (κ3) is 3.91. The number of benzene rings is 1. The van der Waals surface area contributed by atoms with Crippen LogP contribution < -0.4 is 5.32 Å². The molecule has 1 aromatic carbocycles. The van der Waals surface area contributed by atoms with Crippen molar-refractivity contribution in [2.24, 2.45) is 0 Å². The van der Waals surface area contributed by atoms with Gasteiger partial charge in [-0.2, -0.15) is 0 Å². The Kier molecular flexibility index (Phi) is 4.80. The van der Waals surface area contributed by atoms with Crippen molar-refractivity contribution < 1.29 is 9.90 Å². The van der Waals surface area contributed by atoms with Crippen LogP contribution in [0.5, 0.6) is 0 Å². The molecule has 0 aliphatic carbocycles. The van der Waals surface area contributed by atoms with Crippen molar-refractivity contribution in [3.63, 3.8) is 0 Å². The minimum absolute atomic E-state index is 0.447. The molecule has 0 unspecified atom stereocenters. The molecular weight excluding hydrogens is 201 g/mol. The van der Waals surface area contributed by atoms with Crippen LogP contribution in [0.25, 0.3) is 0 Å². The van der Waals surface area contributed by atoms with Crippen LogP contribution in [-0.4, -0.2) is 30.9 Å². The zero-order chi connectivity index (χ0) is 12.0. The van der Waals surface area contributed by atoms with Crippen molar-refractivity contribution in [1.82, 2.24) is 5.32 Å². The number of nitrogens with one attached hydrogen (secondary N) is 1. The van der Waals surface area contributed by atoms with Crippen molar-refractivity contribution in [2.75, 3.05) is 0 Å². The zero-order valence-electron chi connectivity index (χ0n) is 8.97. The van der Waals surface area contributed by atoms with Gasteiger partial charge in [-0.05, 0) is 12.0 Å². The summed E-state index contributed by atoms with van der Waals surface area (Å²) in [5.41, 5.74) is 1.02. The SMILES string of the molecule is [B]C(=O)N[C@H](Cc1ccccc1)[C@H](O)C=C. The molecule has 0 bridgehead atoms. The first-order valence-electron chi connectivity index (χ1n) is 5.04. The lowest BCUT2D eigenvalue weighted by Gasteiger charge is -2.21. The van der Waals surface area contributed by atoms with Gasteiger partial charge in [0, 0.05) is 0 Å². The van der Waals surface area contributed by atoms with Crippen molar-refractivity contribution in [3.05, 3.63) is 48.6 Å². The molecule has 1 rings (SSSR count). The first kappa shape index (κ1) is 12.5. The second kappa shape index (κ2) is 6.13. The quantitative estimate of drug-likeness (QED) is 0.569. The van der Waals surface area contributed by atoms with Gasteiger partial charge in [-0.15, -0.1) is 6.58 Å². The van der Waals surface area contributed by atoms with E-state index in [0.717, 1.165) is 5.56 Å². The maximum Gasteiger partial charge on any atom is 0.200 e. The normalized spacial score (nSPS) is 13.8. The maximum atomic E-state index is 10.8. The van der Waals surface area contributed by atoms with Gasteiger partial charge >= 0.3 is 0 Å². The van der Waals surface area contributed by atoms with Gasteiger partial charge in [-0.25, -0.2) is 0 Å². The van der Waals surface area contributed by atoms with Crippen LogP contribution in [0.1, 0.15) is 5.56 Å². The number of aliphatic hydroxyl groups is 1. The predicted octanol–water partition coefficient (Wildman–Crippen LogP) is 1.02. The molecule has 0 aliphatic rings. The van der Waals surface area contributed by atoms with Crippen molar-refractivity contribution in [2.45, 2.75) is 18.6 Å². The highest BCUT2D eigenvalue weighted by atomic mass is 16.3. The van der Waals surface area contributed by atoms with Crippen LogP contribution in [0.15, 0.2) is 43.0 Å². The lowest BCUT2D eigenvalue weighted by atomic mass is 9.99. The Morgan fingerprint density at radius 1 is 1.50 bits per heavy atom. The molecular formula is C12H14BNO2. The Hall–Kier alpha value is -1.55. The molecule has 2 N–H and O–H groups in total. The second-order valence-corrected chi connectivity index (χ2v) is 3.53. The van der Waals surface area contributed by atoms with Crippen LogP contribution in [0.4, 0.5) is 4.79 Å². The fraction of sp³-hybridized carbons (Fsp3) is 0.250. The number of carbonyl (C=O) groups is 1. The molecule has 1 aromatic rings. The number of carbonyl (C=O) groups excluding carboxylic acids is 1. The lowest BCUT2D eigenvalue weighted by Crippen LogP contribution is -2.43. The molecule has 1 amide bonds. The van der Waals surface area contributed by atoms with E-state index in [1.165, 1.54) is 6.08 Å².